The van der Waals surface area contributed by atoms with E-state index in [1.165, 1.54) is 29.5 Å². The van der Waals surface area contributed by atoms with Crippen molar-refractivity contribution in [2.45, 2.75) is 32.6 Å². The molecule has 0 saturated heterocycles. The van der Waals surface area contributed by atoms with Gasteiger partial charge in [-0.1, -0.05) is 0 Å². The van der Waals surface area contributed by atoms with Crippen LogP contribution in [0.15, 0.2) is 10.5 Å². The van der Waals surface area contributed by atoms with Crippen LogP contribution in [-0.4, -0.2) is 16.9 Å². The van der Waals surface area contributed by atoms with Crippen LogP contribution in [0, 0.1) is 6.92 Å². The van der Waals surface area contributed by atoms with Gasteiger partial charge in [-0.05, 0) is 65.2 Å². The number of anilines is 1. The van der Waals surface area contributed by atoms with Gasteiger partial charge in [-0.15, -0.1) is 0 Å². The first-order valence-electron chi connectivity index (χ1n) is 7.22. The molecule has 4 nitrogen and oxygen atoms in total. The van der Waals surface area contributed by atoms with Crippen LogP contribution in [0.5, 0.6) is 5.75 Å². The fourth-order valence-electron chi connectivity index (χ4n) is 3.23. The van der Waals surface area contributed by atoms with Gasteiger partial charge < -0.3 is 10.5 Å². The first kappa shape index (κ1) is 14.4. The molecule has 0 amide bonds. The summed E-state index contributed by atoms with van der Waals surface area (Å²) in [5.41, 5.74) is 12.0. The highest BCUT2D eigenvalue weighted by atomic mass is 79.9. The smallest absolute Gasteiger partial charge is 0.143 e. The van der Waals surface area contributed by atoms with Gasteiger partial charge >= 0.3 is 0 Å². The van der Waals surface area contributed by atoms with E-state index in [1.807, 2.05) is 13.1 Å². The van der Waals surface area contributed by atoms with Crippen LogP contribution in [0.4, 0.5) is 5.82 Å². The number of nitrogens with zero attached hydrogens (tertiary/aromatic N) is 2. The maximum Gasteiger partial charge on any atom is 0.143 e. The van der Waals surface area contributed by atoms with Crippen LogP contribution in [0.3, 0.4) is 0 Å². The number of nitrogens with two attached hydrogens (primary N) is 1. The topological polar surface area (TPSA) is 53.1 Å². The lowest BCUT2D eigenvalue weighted by molar-refractivity contribution is 0.412. The molecule has 1 heterocycles. The van der Waals surface area contributed by atoms with E-state index in [0.717, 1.165) is 34.3 Å². The highest BCUT2D eigenvalue weighted by Crippen LogP contribution is 2.45. The summed E-state index contributed by atoms with van der Waals surface area (Å²) in [6.07, 6.45) is 4.72. The molecule has 112 valence electrons. The van der Waals surface area contributed by atoms with Crippen molar-refractivity contribution < 1.29 is 4.74 Å². The molecule has 0 unspecified atom stereocenters. The Kier molecular flexibility index (Phi) is 3.69. The number of fused-ring (bicyclic) bond motifs is 1. The fourth-order valence-corrected chi connectivity index (χ4v) is 4.03. The summed E-state index contributed by atoms with van der Waals surface area (Å²) in [5.74, 6) is 1.52. The van der Waals surface area contributed by atoms with E-state index in [-0.39, 0.29) is 0 Å². The molecule has 1 aliphatic carbocycles. The molecule has 0 spiro atoms. The Bertz CT molecular complexity index is 687. The zero-order chi connectivity index (χ0) is 15.1. The first-order valence-corrected chi connectivity index (χ1v) is 8.01. The van der Waals surface area contributed by atoms with Crippen molar-refractivity contribution in [2.24, 2.45) is 7.05 Å². The summed E-state index contributed by atoms with van der Waals surface area (Å²) in [4.78, 5) is 0. The summed E-state index contributed by atoms with van der Waals surface area (Å²) in [6, 6.07) is 1.91. The molecule has 0 fully saturated rings. The molecule has 3 rings (SSSR count). The zero-order valence-electron chi connectivity index (χ0n) is 12.7. The van der Waals surface area contributed by atoms with Gasteiger partial charge in [0.2, 0.25) is 0 Å². The van der Waals surface area contributed by atoms with Crippen molar-refractivity contribution >= 4 is 21.7 Å². The quantitative estimate of drug-likeness (QED) is 0.900. The molecule has 1 aromatic heterocycles. The number of aryl methyl sites for hydroxylation is 1. The molecule has 0 atom stereocenters. The van der Waals surface area contributed by atoms with Gasteiger partial charge in [0.1, 0.15) is 11.6 Å². The summed E-state index contributed by atoms with van der Waals surface area (Å²) < 4.78 is 8.46. The van der Waals surface area contributed by atoms with E-state index in [1.54, 1.807) is 11.8 Å². The average molecular weight is 350 g/mol. The average Bonchev–Trinajstić information content (AvgIpc) is 2.81. The number of hydrogen-bond donors (Lipinski definition) is 1. The predicted octanol–water partition coefficient (Wildman–Crippen LogP) is 3.63. The van der Waals surface area contributed by atoms with E-state index in [0.29, 0.717) is 5.82 Å². The normalized spacial score (nSPS) is 14.1. The number of halogens is 1. The van der Waals surface area contributed by atoms with Crippen LogP contribution < -0.4 is 10.5 Å². The van der Waals surface area contributed by atoms with Gasteiger partial charge in [-0.2, -0.15) is 5.10 Å². The number of benzene rings is 1. The second-order valence-corrected chi connectivity index (χ2v) is 6.38. The third-order valence-corrected chi connectivity index (χ3v) is 5.20. The van der Waals surface area contributed by atoms with Gasteiger partial charge in [-0.3, -0.25) is 4.68 Å². The van der Waals surface area contributed by atoms with E-state index in [4.69, 9.17) is 10.5 Å². The molecule has 2 N–H and O–H groups in total. The van der Waals surface area contributed by atoms with Gasteiger partial charge in [0.05, 0.1) is 17.3 Å². The SMILES string of the molecule is COc1c(Br)c2c(c(C)c1-c1cc(N)n(C)n1)CCCC2. The minimum Gasteiger partial charge on any atom is -0.495 e. The molecular weight excluding hydrogens is 330 g/mol. The number of aromatic nitrogens is 2. The van der Waals surface area contributed by atoms with E-state index < -0.39 is 0 Å². The Balaban J connectivity index is 2.31. The van der Waals surface area contributed by atoms with Gasteiger partial charge in [0, 0.05) is 18.7 Å². The lowest BCUT2D eigenvalue weighted by atomic mass is 9.85. The van der Waals surface area contributed by atoms with Crippen LogP contribution in [-0.2, 0) is 19.9 Å². The van der Waals surface area contributed by atoms with E-state index >= 15 is 0 Å². The van der Waals surface area contributed by atoms with Crippen LogP contribution in [0.25, 0.3) is 11.3 Å². The number of rotatable bonds is 2. The van der Waals surface area contributed by atoms with Crippen molar-refractivity contribution in [1.82, 2.24) is 9.78 Å². The Morgan fingerprint density at radius 3 is 2.52 bits per heavy atom. The largest absolute Gasteiger partial charge is 0.495 e. The molecule has 1 aliphatic rings. The lowest BCUT2D eigenvalue weighted by Gasteiger charge is -2.24. The van der Waals surface area contributed by atoms with Gasteiger partial charge in [0.15, 0.2) is 0 Å². The Morgan fingerprint density at radius 2 is 1.95 bits per heavy atom. The van der Waals surface area contributed by atoms with Gasteiger partial charge in [-0.25, -0.2) is 0 Å². The molecule has 21 heavy (non-hydrogen) atoms. The van der Waals surface area contributed by atoms with Crippen molar-refractivity contribution in [1.29, 1.82) is 0 Å². The van der Waals surface area contributed by atoms with E-state index in [2.05, 4.69) is 28.0 Å². The minimum atomic E-state index is 0.653. The maximum atomic E-state index is 5.94. The molecular formula is C16H20BrN3O. The molecule has 5 heteroatoms. The summed E-state index contributed by atoms with van der Waals surface area (Å²) in [5, 5.41) is 4.53. The van der Waals surface area contributed by atoms with Crippen molar-refractivity contribution in [3.8, 4) is 17.0 Å². The predicted molar refractivity (Wildman–Crippen MR) is 88.7 cm³/mol. The minimum absolute atomic E-state index is 0.653. The van der Waals surface area contributed by atoms with Crippen LogP contribution in [0.2, 0.25) is 0 Å². The highest BCUT2D eigenvalue weighted by Gasteiger charge is 2.25. The molecule has 0 aliphatic heterocycles. The van der Waals surface area contributed by atoms with Crippen LogP contribution in [0.1, 0.15) is 29.5 Å². The summed E-state index contributed by atoms with van der Waals surface area (Å²) >= 11 is 3.74. The number of nitrogen functional groups attached to an aromatic ring is 1. The standard InChI is InChI=1S/C16H20BrN3O/c1-9-10-6-4-5-7-11(10)15(17)16(21-3)14(9)12-8-13(18)20(2)19-12/h8H,4-7,18H2,1-3H3. The fraction of sp³-hybridized carbons (Fsp3) is 0.438. The highest BCUT2D eigenvalue weighted by molar-refractivity contribution is 9.10. The molecule has 0 radical (unpaired) electrons. The summed E-state index contributed by atoms with van der Waals surface area (Å²) in [7, 11) is 3.57. The second-order valence-electron chi connectivity index (χ2n) is 5.59. The Morgan fingerprint density at radius 1 is 1.29 bits per heavy atom. The Hall–Kier alpha value is -1.49. The Labute approximate surface area is 133 Å². The van der Waals surface area contributed by atoms with Crippen molar-refractivity contribution in [2.75, 3.05) is 12.8 Å². The van der Waals surface area contributed by atoms with Crippen molar-refractivity contribution in [3.05, 3.63) is 27.2 Å². The van der Waals surface area contributed by atoms with Crippen molar-refractivity contribution in [3.63, 3.8) is 0 Å². The maximum absolute atomic E-state index is 5.94. The molecule has 2 aromatic rings. The third kappa shape index (κ3) is 2.24. The lowest BCUT2D eigenvalue weighted by Crippen LogP contribution is -2.09. The van der Waals surface area contributed by atoms with Crippen LogP contribution >= 0.6 is 15.9 Å². The third-order valence-electron chi connectivity index (χ3n) is 4.36. The zero-order valence-corrected chi connectivity index (χ0v) is 14.2. The summed E-state index contributed by atoms with van der Waals surface area (Å²) in [6.45, 7) is 2.17. The number of hydrogen-bond acceptors (Lipinski definition) is 3. The monoisotopic (exact) mass is 349 g/mol. The van der Waals surface area contributed by atoms with Gasteiger partial charge in [0.25, 0.3) is 0 Å². The second kappa shape index (κ2) is 5.37. The number of ether oxygens (including phenoxy) is 1. The van der Waals surface area contributed by atoms with E-state index in [9.17, 15) is 0 Å². The molecule has 1 aromatic carbocycles. The first-order chi connectivity index (χ1) is 10.0. The molecule has 0 bridgehead atoms. The molecule has 0 saturated carbocycles. The number of methoxy groups -OCH3 is 1.